The predicted octanol–water partition coefficient (Wildman–Crippen LogP) is 2.71. The van der Waals surface area contributed by atoms with Crippen LogP contribution in [-0.2, 0) is 24.7 Å². The Bertz CT molecular complexity index is 1400. The minimum atomic E-state index is -4.54. The highest BCUT2D eigenvalue weighted by atomic mass is 35.5. The number of aliphatic imine (C=N–C) groups is 3. The molecule has 0 unspecified atom stereocenters. The van der Waals surface area contributed by atoms with Crippen LogP contribution in [0.2, 0.25) is 5.02 Å². The van der Waals surface area contributed by atoms with Crippen LogP contribution in [0.25, 0.3) is 0 Å². The van der Waals surface area contributed by atoms with Crippen LogP contribution >= 0.6 is 11.6 Å². The summed E-state index contributed by atoms with van der Waals surface area (Å²) >= 11 is 5.98. The molecule has 1 fully saturated rings. The van der Waals surface area contributed by atoms with E-state index in [0.29, 0.717) is 23.6 Å². The summed E-state index contributed by atoms with van der Waals surface area (Å²) in [5.74, 6) is -1.44. The first kappa shape index (κ1) is 45.3. The maximum absolute atomic E-state index is 13.0. The quantitative estimate of drug-likeness (QED) is 0.0659. The number of aldehydes is 2. The lowest BCUT2D eigenvalue weighted by atomic mass is 10.1. The Kier molecular flexibility index (Phi) is 22.1. The van der Waals surface area contributed by atoms with E-state index >= 15 is 0 Å². The Hall–Kier alpha value is -4.71. The maximum Gasteiger partial charge on any atom is 0.408 e. The number of amides is 1. The summed E-state index contributed by atoms with van der Waals surface area (Å²) in [4.78, 5) is 54.0. The molecule has 0 heterocycles. The molecule has 0 aliphatic heterocycles. The number of alkyl halides is 3. The number of hydrogen-bond acceptors (Lipinski definition) is 9. The zero-order chi connectivity index (χ0) is 38.2. The third-order valence-electron chi connectivity index (χ3n) is 6.01. The zero-order valence-corrected chi connectivity index (χ0v) is 29.2. The normalized spacial score (nSPS) is 13.6. The summed E-state index contributed by atoms with van der Waals surface area (Å²) in [6.07, 6.45) is -2.83. The molecule has 3 rings (SSSR count). The highest BCUT2D eigenvalue weighted by Crippen LogP contribution is 2.45. The minimum Gasteiger partial charge on any atom is -0.464 e. The van der Waals surface area contributed by atoms with Crippen molar-refractivity contribution in [3.63, 3.8) is 0 Å². The lowest BCUT2D eigenvalue weighted by molar-refractivity contribution is -0.145. The number of nitrogens with one attached hydrogen (secondary N) is 5. The molecular formula is C32H44ClF3N8O6. The van der Waals surface area contributed by atoms with Crippen LogP contribution in [0.4, 0.5) is 18.9 Å². The van der Waals surface area contributed by atoms with E-state index in [9.17, 15) is 22.8 Å². The average molecular weight is 729 g/mol. The van der Waals surface area contributed by atoms with E-state index in [-0.39, 0.29) is 43.2 Å². The first-order chi connectivity index (χ1) is 23.8. The Labute approximate surface area is 294 Å². The molecule has 18 heteroatoms. The topological polar surface area (TPSA) is 195 Å². The Balaban J connectivity index is 0.00000240. The van der Waals surface area contributed by atoms with Crippen LogP contribution in [0.3, 0.4) is 0 Å². The van der Waals surface area contributed by atoms with Crippen molar-refractivity contribution in [2.24, 2.45) is 15.0 Å². The molecule has 0 bridgehead atoms. The van der Waals surface area contributed by atoms with Crippen molar-refractivity contribution < 1.29 is 42.2 Å². The molecule has 0 saturated heterocycles. The van der Waals surface area contributed by atoms with Gasteiger partial charge in [0, 0.05) is 29.9 Å². The summed E-state index contributed by atoms with van der Waals surface area (Å²) < 4.78 is 44.0. The van der Waals surface area contributed by atoms with Gasteiger partial charge in [-0.05, 0) is 89.6 Å². The van der Waals surface area contributed by atoms with Crippen LogP contribution in [0.5, 0.6) is 0 Å². The van der Waals surface area contributed by atoms with Crippen LogP contribution in [0.15, 0.2) is 63.5 Å². The fourth-order valence-electron chi connectivity index (χ4n) is 3.78. The van der Waals surface area contributed by atoms with Gasteiger partial charge in [0.15, 0.2) is 12.6 Å². The van der Waals surface area contributed by atoms with Gasteiger partial charge in [-0.3, -0.25) is 14.4 Å². The monoisotopic (exact) mass is 728 g/mol. The van der Waals surface area contributed by atoms with E-state index in [1.807, 2.05) is 14.1 Å². The highest BCUT2D eigenvalue weighted by molar-refractivity contribution is 6.30. The molecule has 0 radical (unpaired) electrons. The van der Waals surface area contributed by atoms with Gasteiger partial charge >= 0.3 is 12.1 Å². The fourth-order valence-corrected chi connectivity index (χ4v) is 3.91. The molecule has 2 aromatic carbocycles. The number of aliphatic hydroxyl groups excluding tert-OH is 1. The van der Waals surface area contributed by atoms with Gasteiger partial charge in [-0.15, -0.1) is 0 Å². The SMILES string of the molecule is C=N/C(=N\C(=NCC(F)(F)F)NC1(c2ccc(Cl)cc2)CC1)Nc1ccc(C(=O)N[C@@H](CNC)C(=O)OCC)cc1.CNC.CO.O=CC=O. The summed E-state index contributed by atoms with van der Waals surface area (Å²) in [7, 11) is 6.39. The number of anilines is 1. The number of carbonyl (C=O) groups excluding carboxylic acids is 4. The molecule has 6 N–H and O–H groups in total. The molecule has 1 atom stereocenters. The van der Waals surface area contributed by atoms with Crippen molar-refractivity contribution in [2.75, 3.05) is 53.3 Å². The zero-order valence-electron chi connectivity index (χ0n) is 28.4. The van der Waals surface area contributed by atoms with E-state index in [0.717, 1.165) is 12.7 Å². The Morgan fingerprint density at radius 2 is 1.58 bits per heavy atom. The molecule has 1 aliphatic rings. The molecule has 1 amide bonds. The van der Waals surface area contributed by atoms with E-state index < -0.39 is 36.2 Å². The molecule has 0 spiro atoms. The van der Waals surface area contributed by atoms with Gasteiger partial charge in [0.1, 0.15) is 12.6 Å². The summed E-state index contributed by atoms with van der Waals surface area (Å²) in [6, 6.07) is 12.2. The molecule has 276 valence electrons. The summed E-state index contributed by atoms with van der Waals surface area (Å²) in [5, 5.41) is 21.6. The number of nitrogens with zero attached hydrogens (tertiary/aromatic N) is 3. The van der Waals surface area contributed by atoms with Gasteiger partial charge in [0.25, 0.3) is 5.91 Å². The maximum atomic E-state index is 13.0. The van der Waals surface area contributed by atoms with Crippen LogP contribution in [-0.4, -0.2) is 108 Å². The first-order valence-electron chi connectivity index (χ1n) is 14.9. The van der Waals surface area contributed by atoms with Crippen molar-refractivity contribution in [1.82, 2.24) is 21.3 Å². The first-order valence-corrected chi connectivity index (χ1v) is 15.3. The molecule has 2 aromatic rings. The smallest absolute Gasteiger partial charge is 0.408 e. The average Bonchev–Trinajstić information content (AvgIpc) is 3.88. The van der Waals surface area contributed by atoms with E-state index in [1.54, 1.807) is 50.4 Å². The molecule has 1 saturated carbocycles. The van der Waals surface area contributed by atoms with Crippen LogP contribution < -0.4 is 26.6 Å². The molecule has 0 aromatic heterocycles. The predicted molar refractivity (Wildman–Crippen MR) is 188 cm³/mol. The van der Waals surface area contributed by atoms with Crippen molar-refractivity contribution >= 4 is 60.4 Å². The number of aliphatic hydroxyl groups is 1. The number of benzene rings is 2. The van der Waals surface area contributed by atoms with Crippen molar-refractivity contribution in [2.45, 2.75) is 37.5 Å². The standard InChI is InChI=1S/C27H31ClF3N7O3.C2H7N.C2H2O2.CH4O/c1-4-41-23(40)21(15-32-2)36-22(39)17-5-11-20(12-6-17)35-24(33-3)37-25(34-16-27(29,30)31)38-26(13-14-26)18-7-9-19(28)10-8-18;1-3-2;3-1-2-4;1-2/h5-12,21,32H,3-4,13-16H2,1-2H3,(H,36,39)(H2,34,35,37,38);3H,1-2H3;1-2H;2H,1H3/t21-;;;/m0.../s1. The van der Waals surface area contributed by atoms with Gasteiger partial charge in [-0.2, -0.15) is 18.2 Å². The van der Waals surface area contributed by atoms with Crippen LogP contribution in [0.1, 0.15) is 35.7 Å². The minimum absolute atomic E-state index is 0.112. The number of guanidine groups is 2. The third-order valence-corrected chi connectivity index (χ3v) is 6.26. The lowest BCUT2D eigenvalue weighted by Gasteiger charge is -2.19. The van der Waals surface area contributed by atoms with Crippen molar-refractivity contribution in [3.8, 4) is 0 Å². The van der Waals surface area contributed by atoms with Gasteiger partial charge in [0.05, 0.1) is 12.1 Å². The summed E-state index contributed by atoms with van der Waals surface area (Å²) in [6.45, 7) is 4.04. The number of halogens is 4. The summed E-state index contributed by atoms with van der Waals surface area (Å²) in [5.41, 5.74) is 0.901. The highest BCUT2D eigenvalue weighted by Gasteiger charge is 2.45. The number of ether oxygens (including phenoxy) is 1. The van der Waals surface area contributed by atoms with Gasteiger partial charge in [-0.1, -0.05) is 23.7 Å². The number of esters is 1. The van der Waals surface area contributed by atoms with E-state index in [1.165, 1.54) is 12.1 Å². The van der Waals surface area contributed by atoms with Crippen LogP contribution in [0, 0.1) is 0 Å². The Morgan fingerprint density at radius 3 is 2.02 bits per heavy atom. The number of carbonyl (C=O) groups is 4. The van der Waals surface area contributed by atoms with Gasteiger partial charge < -0.3 is 36.4 Å². The second-order valence-electron chi connectivity index (χ2n) is 9.87. The third kappa shape index (κ3) is 17.6. The fraction of sp³-hybridized carbons (Fsp3) is 0.406. The molecule has 14 nitrogen and oxygen atoms in total. The number of likely N-dealkylation sites (N-methyl/N-ethyl adjacent to an activating group) is 1. The molecule has 1 aliphatic carbocycles. The number of hydrogen-bond donors (Lipinski definition) is 6. The number of rotatable bonds is 11. The van der Waals surface area contributed by atoms with Gasteiger partial charge in [-0.25, -0.2) is 14.8 Å². The Morgan fingerprint density at radius 1 is 1.02 bits per heavy atom. The second-order valence-corrected chi connectivity index (χ2v) is 10.3. The van der Waals surface area contributed by atoms with Crippen molar-refractivity contribution in [3.05, 3.63) is 64.7 Å². The van der Waals surface area contributed by atoms with Crippen molar-refractivity contribution in [1.29, 1.82) is 0 Å². The van der Waals surface area contributed by atoms with E-state index in [4.69, 9.17) is 31.0 Å². The second kappa shape index (κ2) is 24.4. The molecule has 50 heavy (non-hydrogen) atoms. The van der Waals surface area contributed by atoms with E-state index in [2.05, 4.69) is 48.3 Å². The van der Waals surface area contributed by atoms with Gasteiger partial charge in [0.2, 0.25) is 11.9 Å². The molecular weight excluding hydrogens is 685 g/mol. The lowest BCUT2D eigenvalue weighted by Crippen LogP contribution is -2.47. The largest absolute Gasteiger partial charge is 0.464 e.